The van der Waals surface area contributed by atoms with E-state index in [1.165, 1.54) is 19.8 Å². The Bertz CT molecular complexity index is 940. The number of hydrogen-bond donors (Lipinski definition) is 1. The van der Waals surface area contributed by atoms with Crippen LogP contribution in [0.25, 0.3) is 11.0 Å². The SMILES string of the molecule is CC(=O)c1ccc2[nH]c(=O)c(C#N)c(N3CCC4(CC3)CC4)c2n1. The highest BCUT2D eigenvalue weighted by Crippen LogP contribution is 2.54. The summed E-state index contributed by atoms with van der Waals surface area (Å²) in [6.45, 7) is 3.10. The van der Waals surface area contributed by atoms with E-state index in [9.17, 15) is 14.9 Å². The van der Waals surface area contributed by atoms with Crippen molar-refractivity contribution in [1.82, 2.24) is 9.97 Å². The zero-order chi connectivity index (χ0) is 16.9. The van der Waals surface area contributed by atoms with Gasteiger partial charge >= 0.3 is 0 Å². The number of anilines is 1. The van der Waals surface area contributed by atoms with Gasteiger partial charge in [0, 0.05) is 20.0 Å². The number of nitrogens with one attached hydrogen (secondary N) is 1. The number of pyridine rings is 2. The fraction of sp³-hybridized carbons (Fsp3) is 0.444. The number of carbonyl (C=O) groups is 1. The quantitative estimate of drug-likeness (QED) is 0.857. The first-order chi connectivity index (χ1) is 11.5. The van der Waals surface area contributed by atoms with E-state index in [2.05, 4.69) is 14.9 Å². The smallest absolute Gasteiger partial charge is 0.268 e. The minimum absolute atomic E-state index is 0.0856. The van der Waals surface area contributed by atoms with E-state index in [-0.39, 0.29) is 11.3 Å². The average Bonchev–Trinajstić information content (AvgIpc) is 3.33. The van der Waals surface area contributed by atoms with Crippen molar-refractivity contribution in [2.45, 2.75) is 32.6 Å². The molecule has 0 radical (unpaired) electrons. The van der Waals surface area contributed by atoms with E-state index in [1.807, 2.05) is 6.07 Å². The number of ketones is 1. The van der Waals surface area contributed by atoms with Crippen molar-refractivity contribution in [2.24, 2.45) is 5.41 Å². The molecule has 1 N–H and O–H groups in total. The number of nitriles is 1. The molecule has 2 aromatic rings. The number of carbonyl (C=O) groups excluding carboxylic acids is 1. The molecule has 122 valence electrons. The zero-order valence-corrected chi connectivity index (χ0v) is 13.6. The van der Waals surface area contributed by atoms with Crippen molar-refractivity contribution in [3.63, 3.8) is 0 Å². The molecule has 2 aliphatic rings. The van der Waals surface area contributed by atoms with Crippen LogP contribution in [-0.4, -0.2) is 28.8 Å². The van der Waals surface area contributed by atoms with Gasteiger partial charge in [0.15, 0.2) is 5.78 Å². The molecule has 0 unspecified atom stereocenters. The summed E-state index contributed by atoms with van der Waals surface area (Å²) in [7, 11) is 0. The maximum absolute atomic E-state index is 12.3. The number of hydrogen-bond acceptors (Lipinski definition) is 5. The summed E-state index contributed by atoms with van der Waals surface area (Å²) in [4.78, 5) is 33.2. The van der Waals surface area contributed by atoms with Crippen LogP contribution in [0.3, 0.4) is 0 Å². The third-order valence-corrected chi connectivity index (χ3v) is 5.40. The van der Waals surface area contributed by atoms with Crippen molar-refractivity contribution in [2.75, 3.05) is 18.0 Å². The molecule has 4 rings (SSSR count). The lowest BCUT2D eigenvalue weighted by atomic mass is 9.93. The minimum Gasteiger partial charge on any atom is -0.368 e. The van der Waals surface area contributed by atoms with Crippen LogP contribution in [0, 0.1) is 16.7 Å². The van der Waals surface area contributed by atoms with Crippen LogP contribution in [0.2, 0.25) is 0 Å². The van der Waals surface area contributed by atoms with E-state index in [1.54, 1.807) is 12.1 Å². The van der Waals surface area contributed by atoms with Crippen LogP contribution in [-0.2, 0) is 0 Å². The first-order valence-corrected chi connectivity index (χ1v) is 8.26. The Morgan fingerprint density at radius 3 is 2.58 bits per heavy atom. The number of Topliss-reactive ketones (excluding diaryl/α,β-unsaturated/α-hetero) is 1. The van der Waals surface area contributed by atoms with Crippen LogP contribution in [0.1, 0.15) is 48.7 Å². The molecule has 6 heteroatoms. The van der Waals surface area contributed by atoms with Gasteiger partial charge in [0.1, 0.15) is 22.8 Å². The molecule has 0 bridgehead atoms. The second kappa shape index (κ2) is 5.17. The lowest BCUT2D eigenvalue weighted by molar-refractivity contribution is 0.101. The summed E-state index contributed by atoms with van der Waals surface area (Å²) < 4.78 is 0. The number of H-pyrrole nitrogens is 1. The lowest BCUT2D eigenvalue weighted by Gasteiger charge is -2.34. The van der Waals surface area contributed by atoms with Gasteiger partial charge in [-0.2, -0.15) is 5.26 Å². The molecule has 2 aromatic heterocycles. The van der Waals surface area contributed by atoms with E-state index < -0.39 is 5.56 Å². The maximum Gasteiger partial charge on any atom is 0.268 e. The molecule has 1 aliphatic carbocycles. The van der Waals surface area contributed by atoms with Crippen LogP contribution in [0.5, 0.6) is 0 Å². The van der Waals surface area contributed by atoms with Crippen molar-refractivity contribution in [1.29, 1.82) is 5.26 Å². The molecule has 0 aromatic carbocycles. The zero-order valence-electron chi connectivity index (χ0n) is 13.6. The Labute approximate surface area is 139 Å². The molecule has 1 spiro atoms. The van der Waals surface area contributed by atoms with Gasteiger partial charge in [0.2, 0.25) is 0 Å². The highest BCUT2D eigenvalue weighted by Gasteiger charge is 2.44. The fourth-order valence-electron chi connectivity index (χ4n) is 3.64. The topological polar surface area (TPSA) is 89.8 Å². The third-order valence-electron chi connectivity index (χ3n) is 5.40. The van der Waals surface area contributed by atoms with Gasteiger partial charge in [-0.25, -0.2) is 4.98 Å². The number of piperidine rings is 1. The van der Waals surface area contributed by atoms with Crippen LogP contribution in [0.15, 0.2) is 16.9 Å². The molecule has 0 amide bonds. The summed E-state index contributed by atoms with van der Waals surface area (Å²) >= 11 is 0. The monoisotopic (exact) mass is 322 g/mol. The van der Waals surface area contributed by atoms with Gasteiger partial charge in [-0.3, -0.25) is 9.59 Å². The molecule has 1 saturated carbocycles. The standard InChI is InChI=1S/C18H18N4O2/c1-11(23)13-2-3-14-15(20-13)16(12(10-19)17(24)21-14)22-8-6-18(4-5-18)7-9-22/h2-3H,4-9H2,1H3,(H,21,24). The normalized spacial score (nSPS) is 18.6. The van der Waals surface area contributed by atoms with Crippen molar-refractivity contribution >= 4 is 22.5 Å². The summed E-state index contributed by atoms with van der Waals surface area (Å²) in [6, 6.07) is 5.32. The van der Waals surface area contributed by atoms with Crippen molar-refractivity contribution in [3.8, 4) is 6.07 Å². The third kappa shape index (κ3) is 2.28. The Kier molecular flexibility index (Phi) is 3.20. The molecular formula is C18H18N4O2. The first kappa shape index (κ1) is 14.9. The second-order valence-corrected chi connectivity index (χ2v) is 6.93. The summed E-state index contributed by atoms with van der Waals surface area (Å²) in [5, 5.41) is 9.49. The van der Waals surface area contributed by atoms with Gasteiger partial charge in [-0.15, -0.1) is 0 Å². The molecule has 1 aliphatic heterocycles. The first-order valence-electron chi connectivity index (χ1n) is 8.26. The molecule has 1 saturated heterocycles. The highest BCUT2D eigenvalue weighted by atomic mass is 16.1. The number of nitrogens with zero attached hydrogens (tertiary/aromatic N) is 3. The Hall–Kier alpha value is -2.68. The summed E-state index contributed by atoms with van der Waals surface area (Å²) in [5.74, 6) is -0.136. The second-order valence-electron chi connectivity index (χ2n) is 6.93. The number of rotatable bonds is 2. The van der Waals surface area contributed by atoms with Gasteiger partial charge in [0.05, 0.1) is 11.2 Å². The number of aromatic amines is 1. The maximum atomic E-state index is 12.3. The molecular weight excluding hydrogens is 304 g/mol. The van der Waals surface area contributed by atoms with Gasteiger partial charge in [-0.05, 0) is 43.2 Å². The van der Waals surface area contributed by atoms with Gasteiger partial charge in [-0.1, -0.05) is 0 Å². The van der Waals surface area contributed by atoms with E-state index in [0.717, 1.165) is 25.9 Å². The summed E-state index contributed by atoms with van der Waals surface area (Å²) in [6.07, 6.45) is 4.74. The predicted octanol–water partition coefficient (Wildman–Crippen LogP) is 2.38. The van der Waals surface area contributed by atoms with Crippen LogP contribution >= 0.6 is 0 Å². The van der Waals surface area contributed by atoms with E-state index in [0.29, 0.717) is 27.8 Å². The largest absolute Gasteiger partial charge is 0.368 e. The van der Waals surface area contributed by atoms with E-state index in [4.69, 9.17) is 0 Å². The van der Waals surface area contributed by atoms with Crippen molar-refractivity contribution in [3.05, 3.63) is 33.7 Å². The predicted molar refractivity (Wildman–Crippen MR) is 90.2 cm³/mol. The Morgan fingerprint density at radius 2 is 2.00 bits per heavy atom. The van der Waals surface area contributed by atoms with Gasteiger partial charge < -0.3 is 9.88 Å². The molecule has 3 heterocycles. The van der Waals surface area contributed by atoms with Crippen molar-refractivity contribution < 1.29 is 4.79 Å². The van der Waals surface area contributed by atoms with E-state index >= 15 is 0 Å². The Morgan fingerprint density at radius 1 is 1.29 bits per heavy atom. The van der Waals surface area contributed by atoms with Crippen LogP contribution < -0.4 is 10.5 Å². The number of aromatic nitrogens is 2. The lowest BCUT2D eigenvalue weighted by Crippen LogP contribution is -2.36. The average molecular weight is 322 g/mol. The molecule has 6 nitrogen and oxygen atoms in total. The molecule has 2 fully saturated rings. The number of fused-ring (bicyclic) bond motifs is 1. The fourth-order valence-corrected chi connectivity index (χ4v) is 3.64. The highest BCUT2D eigenvalue weighted by molar-refractivity contribution is 5.97. The molecule has 24 heavy (non-hydrogen) atoms. The summed E-state index contributed by atoms with van der Waals surface area (Å²) in [5.41, 5.74) is 2.20. The Balaban J connectivity index is 1.90. The minimum atomic E-state index is -0.399. The van der Waals surface area contributed by atoms with Gasteiger partial charge in [0.25, 0.3) is 5.56 Å². The van der Waals surface area contributed by atoms with Crippen LogP contribution in [0.4, 0.5) is 5.69 Å². The molecule has 0 atom stereocenters.